The van der Waals surface area contributed by atoms with Crippen molar-refractivity contribution in [3.8, 4) is 11.8 Å². The van der Waals surface area contributed by atoms with E-state index in [1.54, 1.807) is 7.11 Å². The molecule has 92 valence electrons. The van der Waals surface area contributed by atoms with Gasteiger partial charge in [0.1, 0.15) is 5.75 Å². The van der Waals surface area contributed by atoms with Gasteiger partial charge in [-0.15, -0.1) is 0 Å². The molecule has 0 radical (unpaired) electrons. The Hall–Kier alpha value is -1.05. The lowest BCUT2D eigenvalue weighted by atomic mass is 10.2. The number of hydrogen-bond acceptors (Lipinski definition) is 3. The maximum Gasteiger partial charge on any atom is 0.123 e. The third-order valence-corrected chi connectivity index (χ3v) is 2.96. The maximum absolute atomic E-state index is 8.79. The highest BCUT2D eigenvalue weighted by atomic mass is 79.9. The first kappa shape index (κ1) is 14.0. The van der Waals surface area contributed by atoms with Gasteiger partial charge >= 0.3 is 0 Å². The molecule has 0 aliphatic heterocycles. The fraction of sp³-hybridized carbons (Fsp3) is 0.462. The molecule has 0 atom stereocenters. The minimum Gasteiger partial charge on any atom is -0.496 e. The molecular formula is C13H17BrN2O. The van der Waals surface area contributed by atoms with Crippen molar-refractivity contribution >= 4 is 15.9 Å². The Balaban J connectivity index is 2.83. The summed E-state index contributed by atoms with van der Waals surface area (Å²) in [6, 6.07) is 8.13. The number of rotatable bonds is 6. The van der Waals surface area contributed by atoms with Crippen molar-refractivity contribution in [2.45, 2.75) is 19.9 Å². The van der Waals surface area contributed by atoms with E-state index in [0.29, 0.717) is 6.54 Å². The van der Waals surface area contributed by atoms with Gasteiger partial charge in [0, 0.05) is 16.6 Å². The topological polar surface area (TPSA) is 36.3 Å². The molecule has 0 bridgehead atoms. The number of nitriles is 1. The fourth-order valence-electron chi connectivity index (χ4n) is 1.74. The Morgan fingerprint density at radius 3 is 2.82 bits per heavy atom. The van der Waals surface area contributed by atoms with E-state index < -0.39 is 0 Å². The molecule has 0 saturated heterocycles. The zero-order valence-electron chi connectivity index (χ0n) is 10.2. The van der Waals surface area contributed by atoms with E-state index in [1.165, 1.54) is 0 Å². The van der Waals surface area contributed by atoms with Gasteiger partial charge in [0.2, 0.25) is 0 Å². The zero-order chi connectivity index (χ0) is 12.7. The predicted octanol–water partition coefficient (Wildman–Crippen LogP) is 3.19. The van der Waals surface area contributed by atoms with E-state index in [9.17, 15) is 0 Å². The van der Waals surface area contributed by atoms with Crippen LogP contribution in [0.5, 0.6) is 5.75 Å². The molecule has 0 N–H and O–H groups in total. The van der Waals surface area contributed by atoms with E-state index in [4.69, 9.17) is 10.00 Å². The van der Waals surface area contributed by atoms with E-state index in [2.05, 4.69) is 33.8 Å². The molecule has 0 aliphatic rings. The smallest absolute Gasteiger partial charge is 0.123 e. The molecule has 0 fully saturated rings. The molecule has 3 nitrogen and oxygen atoms in total. The summed E-state index contributed by atoms with van der Waals surface area (Å²) < 4.78 is 6.36. The molecular weight excluding hydrogens is 280 g/mol. The SMILES string of the molecule is CCCN(CC#N)Cc1cc(Br)ccc1OC. The average molecular weight is 297 g/mol. The first-order valence-corrected chi connectivity index (χ1v) is 6.42. The minimum absolute atomic E-state index is 0.448. The Bertz CT molecular complexity index is 401. The summed E-state index contributed by atoms with van der Waals surface area (Å²) in [4.78, 5) is 2.12. The van der Waals surface area contributed by atoms with Crippen molar-refractivity contribution in [2.24, 2.45) is 0 Å². The molecule has 1 rings (SSSR count). The molecule has 1 aromatic carbocycles. The molecule has 0 unspecified atom stereocenters. The lowest BCUT2D eigenvalue weighted by Crippen LogP contribution is -2.24. The van der Waals surface area contributed by atoms with Crippen molar-refractivity contribution in [1.82, 2.24) is 4.90 Å². The van der Waals surface area contributed by atoms with Crippen molar-refractivity contribution < 1.29 is 4.74 Å². The number of benzene rings is 1. The van der Waals surface area contributed by atoms with E-state index in [0.717, 1.165) is 35.3 Å². The van der Waals surface area contributed by atoms with Crippen molar-refractivity contribution in [2.75, 3.05) is 20.2 Å². The van der Waals surface area contributed by atoms with Crippen LogP contribution >= 0.6 is 15.9 Å². The Morgan fingerprint density at radius 2 is 2.24 bits per heavy atom. The Morgan fingerprint density at radius 1 is 1.47 bits per heavy atom. The largest absolute Gasteiger partial charge is 0.496 e. The number of halogens is 1. The van der Waals surface area contributed by atoms with Gasteiger partial charge in [-0.2, -0.15) is 5.26 Å². The van der Waals surface area contributed by atoms with Gasteiger partial charge in [-0.25, -0.2) is 0 Å². The van der Waals surface area contributed by atoms with Crippen LogP contribution in [0.25, 0.3) is 0 Å². The zero-order valence-corrected chi connectivity index (χ0v) is 11.8. The van der Waals surface area contributed by atoms with Crippen LogP contribution in [-0.4, -0.2) is 25.1 Å². The van der Waals surface area contributed by atoms with Crippen LogP contribution in [0.15, 0.2) is 22.7 Å². The van der Waals surface area contributed by atoms with Gasteiger partial charge < -0.3 is 4.74 Å². The van der Waals surface area contributed by atoms with Crippen LogP contribution < -0.4 is 4.74 Å². The minimum atomic E-state index is 0.448. The first-order chi connectivity index (χ1) is 8.21. The second-order valence-electron chi connectivity index (χ2n) is 3.82. The highest BCUT2D eigenvalue weighted by Gasteiger charge is 2.09. The van der Waals surface area contributed by atoms with Crippen LogP contribution in [-0.2, 0) is 6.54 Å². The number of ether oxygens (including phenoxy) is 1. The monoisotopic (exact) mass is 296 g/mol. The van der Waals surface area contributed by atoms with E-state index >= 15 is 0 Å². The van der Waals surface area contributed by atoms with Crippen LogP contribution in [0.2, 0.25) is 0 Å². The second-order valence-corrected chi connectivity index (χ2v) is 4.74. The molecule has 0 spiro atoms. The summed E-state index contributed by atoms with van der Waals surface area (Å²) in [5.41, 5.74) is 1.10. The molecule has 0 aliphatic carbocycles. The molecule has 4 heteroatoms. The molecule has 17 heavy (non-hydrogen) atoms. The number of methoxy groups -OCH3 is 1. The summed E-state index contributed by atoms with van der Waals surface area (Å²) in [5.74, 6) is 0.868. The highest BCUT2D eigenvalue weighted by molar-refractivity contribution is 9.10. The molecule has 1 aromatic rings. The van der Waals surface area contributed by atoms with E-state index in [-0.39, 0.29) is 0 Å². The van der Waals surface area contributed by atoms with Gasteiger partial charge in [-0.05, 0) is 31.2 Å². The van der Waals surface area contributed by atoms with Gasteiger partial charge in [-0.3, -0.25) is 4.90 Å². The van der Waals surface area contributed by atoms with Crippen LogP contribution in [0.1, 0.15) is 18.9 Å². The Kier molecular flexibility index (Phi) is 6.03. The van der Waals surface area contributed by atoms with Gasteiger partial charge in [0.05, 0.1) is 19.7 Å². The second kappa shape index (κ2) is 7.31. The highest BCUT2D eigenvalue weighted by Crippen LogP contribution is 2.24. The average Bonchev–Trinajstić information content (AvgIpc) is 2.30. The fourth-order valence-corrected chi connectivity index (χ4v) is 2.15. The van der Waals surface area contributed by atoms with Gasteiger partial charge in [0.15, 0.2) is 0 Å². The Labute approximate surface area is 111 Å². The third kappa shape index (κ3) is 4.37. The number of hydrogen-bond donors (Lipinski definition) is 0. The summed E-state index contributed by atoms with van der Waals surface area (Å²) >= 11 is 3.45. The standard InChI is InChI=1S/C13H17BrN2O/c1-3-7-16(8-6-15)10-11-9-12(14)4-5-13(11)17-2/h4-5,9H,3,7-8,10H2,1-2H3. The van der Waals surface area contributed by atoms with Crippen molar-refractivity contribution in [3.63, 3.8) is 0 Å². The molecule has 0 aromatic heterocycles. The van der Waals surface area contributed by atoms with Gasteiger partial charge in [0.25, 0.3) is 0 Å². The third-order valence-electron chi connectivity index (χ3n) is 2.47. The number of nitrogens with zero attached hydrogens (tertiary/aromatic N) is 2. The summed E-state index contributed by atoms with van der Waals surface area (Å²) in [6.45, 7) is 4.22. The van der Waals surface area contributed by atoms with Crippen molar-refractivity contribution in [3.05, 3.63) is 28.2 Å². The summed E-state index contributed by atoms with van der Waals surface area (Å²) in [5, 5.41) is 8.79. The lowest BCUT2D eigenvalue weighted by molar-refractivity contribution is 0.291. The normalized spacial score (nSPS) is 10.3. The maximum atomic E-state index is 8.79. The van der Waals surface area contributed by atoms with Crippen LogP contribution in [0.4, 0.5) is 0 Å². The first-order valence-electron chi connectivity index (χ1n) is 5.63. The summed E-state index contributed by atoms with van der Waals surface area (Å²) in [6.07, 6.45) is 1.04. The van der Waals surface area contributed by atoms with E-state index in [1.807, 2.05) is 18.2 Å². The van der Waals surface area contributed by atoms with Crippen LogP contribution in [0.3, 0.4) is 0 Å². The predicted molar refractivity (Wildman–Crippen MR) is 71.9 cm³/mol. The summed E-state index contributed by atoms with van der Waals surface area (Å²) in [7, 11) is 1.67. The molecule has 0 saturated carbocycles. The quantitative estimate of drug-likeness (QED) is 0.757. The van der Waals surface area contributed by atoms with Crippen LogP contribution in [0, 0.1) is 11.3 Å². The van der Waals surface area contributed by atoms with Crippen molar-refractivity contribution in [1.29, 1.82) is 5.26 Å². The lowest BCUT2D eigenvalue weighted by Gasteiger charge is -2.19. The molecule has 0 amide bonds. The molecule has 0 heterocycles. The van der Waals surface area contributed by atoms with Gasteiger partial charge in [-0.1, -0.05) is 22.9 Å².